The number of rotatable bonds is 8. The molecule has 128 valence electrons. The van der Waals surface area contributed by atoms with E-state index in [1.54, 1.807) is 12.1 Å². The number of carbonyl (C=O) groups excluding carboxylic acids is 1. The van der Waals surface area contributed by atoms with Crippen molar-refractivity contribution >= 4 is 5.91 Å². The van der Waals surface area contributed by atoms with E-state index in [0.29, 0.717) is 13.0 Å². The minimum absolute atomic E-state index is 0.110. The summed E-state index contributed by atoms with van der Waals surface area (Å²) in [7, 11) is 0. The summed E-state index contributed by atoms with van der Waals surface area (Å²) in [5.74, 6) is -0.549. The van der Waals surface area contributed by atoms with E-state index in [0.717, 1.165) is 12.8 Å². The van der Waals surface area contributed by atoms with Crippen LogP contribution in [0.1, 0.15) is 30.9 Å². The van der Waals surface area contributed by atoms with Crippen LogP contribution < -0.4 is 10.1 Å². The Morgan fingerprint density at radius 3 is 2.54 bits per heavy atom. The second kappa shape index (κ2) is 9.06. The highest BCUT2D eigenvalue weighted by Gasteiger charge is 2.19. The second-order valence-corrected chi connectivity index (χ2v) is 5.83. The van der Waals surface area contributed by atoms with E-state index in [9.17, 15) is 9.18 Å². The Kier molecular flexibility index (Phi) is 6.79. The normalized spacial score (nSPS) is 11.8. The third-order valence-electron chi connectivity index (χ3n) is 3.83. The zero-order chi connectivity index (χ0) is 17.4. The summed E-state index contributed by atoms with van der Waals surface area (Å²) in [5.41, 5.74) is 2.49. The predicted octanol–water partition coefficient (Wildman–Crippen LogP) is 4.04. The average Bonchev–Trinajstić information content (AvgIpc) is 2.59. The zero-order valence-corrected chi connectivity index (χ0v) is 14.2. The molecule has 0 fully saturated rings. The first-order valence-corrected chi connectivity index (χ1v) is 8.34. The topological polar surface area (TPSA) is 38.3 Å². The SMILES string of the molecule is CC[C@@H](Oc1ccccc1F)C(=O)NCCCc1ccc(C)cc1. The number of ether oxygens (including phenoxy) is 1. The first-order valence-electron chi connectivity index (χ1n) is 8.34. The minimum atomic E-state index is -0.679. The van der Waals surface area contributed by atoms with Crippen LogP contribution in [0.3, 0.4) is 0 Å². The van der Waals surface area contributed by atoms with E-state index < -0.39 is 11.9 Å². The zero-order valence-electron chi connectivity index (χ0n) is 14.2. The molecule has 2 rings (SSSR count). The van der Waals surface area contributed by atoms with Crippen LogP contribution in [0, 0.1) is 12.7 Å². The summed E-state index contributed by atoms with van der Waals surface area (Å²) < 4.78 is 19.1. The Balaban J connectivity index is 1.77. The van der Waals surface area contributed by atoms with Gasteiger partial charge in [0.25, 0.3) is 5.91 Å². The fraction of sp³-hybridized carbons (Fsp3) is 0.350. The Morgan fingerprint density at radius 2 is 1.88 bits per heavy atom. The number of benzene rings is 2. The molecule has 0 bridgehead atoms. The van der Waals surface area contributed by atoms with Crippen LogP contribution in [0.25, 0.3) is 0 Å². The molecule has 0 aliphatic carbocycles. The lowest BCUT2D eigenvalue weighted by Gasteiger charge is -2.17. The van der Waals surface area contributed by atoms with Gasteiger partial charge >= 0.3 is 0 Å². The van der Waals surface area contributed by atoms with Crippen molar-refractivity contribution in [2.45, 2.75) is 39.2 Å². The van der Waals surface area contributed by atoms with E-state index in [2.05, 4.69) is 36.5 Å². The van der Waals surface area contributed by atoms with Gasteiger partial charge in [0, 0.05) is 6.54 Å². The molecule has 0 aromatic heterocycles. The molecule has 0 radical (unpaired) electrons. The first kappa shape index (κ1) is 18.0. The standard InChI is InChI=1S/C20H24FNO2/c1-3-18(24-19-9-5-4-8-17(19)21)20(23)22-14-6-7-16-12-10-15(2)11-13-16/h4-5,8-13,18H,3,6-7,14H2,1-2H3,(H,22,23)/t18-/m1/s1. The predicted molar refractivity (Wildman–Crippen MR) is 93.6 cm³/mol. The molecular formula is C20H24FNO2. The minimum Gasteiger partial charge on any atom is -0.478 e. The van der Waals surface area contributed by atoms with Crippen LogP contribution in [-0.4, -0.2) is 18.6 Å². The Hall–Kier alpha value is -2.36. The van der Waals surface area contributed by atoms with Gasteiger partial charge in [-0.05, 0) is 43.9 Å². The Bertz CT molecular complexity index is 655. The highest BCUT2D eigenvalue weighted by atomic mass is 19.1. The number of para-hydroxylation sites is 1. The lowest BCUT2D eigenvalue weighted by Crippen LogP contribution is -2.38. The molecule has 0 saturated carbocycles. The average molecular weight is 329 g/mol. The lowest BCUT2D eigenvalue weighted by molar-refractivity contribution is -0.128. The van der Waals surface area contributed by atoms with Gasteiger partial charge in [-0.25, -0.2) is 4.39 Å². The van der Waals surface area contributed by atoms with Crippen LogP contribution >= 0.6 is 0 Å². The molecule has 0 spiro atoms. The molecule has 0 aliphatic rings. The van der Waals surface area contributed by atoms with Crippen molar-refractivity contribution in [3.63, 3.8) is 0 Å². The summed E-state index contributed by atoms with van der Waals surface area (Å²) in [6, 6.07) is 14.5. The molecule has 3 nitrogen and oxygen atoms in total. The van der Waals surface area contributed by atoms with Gasteiger partial charge in [-0.3, -0.25) is 4.79 Å². The molecule has 1 atom stereocenters. The van der Waals surface area contributed by atoms with Crippen molar-refractivity contribution in [1.82, 2.24) is 5.32 Å². The second-order valence-electron chi connectivity index (χ2n) is 5.83. The highest BCUT2D eigenvalue weighted by Crippen LogP contribution is 2.18. The summed E-state index contributed by atoms with van der Waals surface area (Å²) in [5, 5.41) is 2.87. The maximum atomic E-state index is 13.6. The number of amides is 1. The van der Waals surface area contributed by atoms with Gasteiger partial charge in [-0.2, -0.15) is 0 Å². The lowest BCUT2D eigenvalue weighted by atomic mass is 10.1. The van der Waals surface area contributed by atoms with Gasteiger partial charge in [-0.1, -0.05) is 48.9 Å². The third kappa shape index (κ3) is 5.37. The van der Waals surface area contributed by atoms with Crippen LogP contribution in [0.2, 0.25) is 0 Å². The Morgan fingerprint density at radius 1 is 1.17 bits per heavy atom. The van der Waals surface area contributed by atoms with Crippen molar-refractivity contribution in [3.8, 4) is 5.75 Å². The van der Waals surface area contributed by atoms with Crippen molar-refractivity contribution in [1.29, 1.82) is 0 Å². The summed E-state index contributed by atoms with van der Waals surface area (Å²) in [6.07, 6.45) is 1.57. The summed E-state index contributed by atoms with van der Waals surface area (Å²) in [6.45, 7) is 4.48. The molecule has 1 amide bonds. The molecule has 2 aromatic carbocycles. The van der Waals surface area contributed by atoms with Gasteiger partial charge in [0.1, 0.15) is 0 Å². The first-order chi connectivity index (χ1) is 11.6. The number of hydrogen-bond acceptors (Lipinski definition) is 2. The maximum absolute atomic E-state index is 13.6. The molecular weight excluding hydrogens is 305 g/mol. The van der Waals surface area contributed by atoms with Gasteiger partial charge in [-0.15, -0.1) is 0 Å². The summed E-state index contributed by atoms with van der Waals surface area (Å²) >= 11 is 0. The van der Waals surface area contributed by atoms with Crippen molar-refractivity contribution < 1.29 is 13.9 Å². The maximum Gasteiger partial charge on any atom is 0.261 e. The number of aryl methyl sites for hydroxylation is 2. The molecule has 0 heterocycles. The van der Waals surface area contributed by atoms with Crippen LogP contribution in [0.4, 0.5) is 4.39 Å². The van der Waals surface area contributed by atoms with Gasteiger partial charge < -0.3 is 10.1 Å². The molecule has 1 N–H and O–H groups in total. The quantitative estimate of drug-likeness (QED) is 0.742. The largest absolute Gasteiger partial charge is 0.478 e. The molecule has 24 heavy (non-hydrogen) atoms. The van der Waals surface area contributed by atoms with E-state index in [1.807, 2.05) is 6.92 Å². The molecule has 2 aromatic rings. The Labute approximate surface area is 142 Å². The summed E-state index contributed by atoms with van der Waals surface area (Å²) in [4.78, 5) is 12.2. The van der Waals surface area contributed by atoms with E-state index >= 15 is 0 Å². The smallest absolute Gasteiger partial charge is 0.261 e. The van der Waals surface area contributed by atoms with Crippen LogP contribution in [-0.2, 0) is 11.2 Å². The molecule has 0 unspecified atom stereocenters. The van der Waals surface area contributed by atoms with E-state index in [1.165, 1.54) is 23.3 Å². The molecule has 0 aliphatic heterocycles. The monoisotopic (exact) mass is 329 g/mol. The third-order valence-corrected chi connectivity index (χ3v) is 3.83. The van der Waals surface area contributed by atoms with Gasteiger partial charge in [0.2, 0.25) is 0 Å². The fourth-order valence-corrected chi connectivity index (χ4v) is 2.39. The van der Waals surface area contributed by atoms with Gasteiger partial charge in [0.15, 0.2) is 17.7 Å². The highest BCUT2D eigenvalue weighted by molar-refractivity contribution is 5.81. The van der Waals surface area contributed by atoms with Crippen molar-refractivity contribution in [2.75, 3.05) is 6.54 Å². The molecule has 0 saturated heterocycles. The van der Waals surface area contributed by atoms with E-state index in [4.69, 9.17) is 4.74 Å². The van der Waals surface area contributed by atoms with Crippen molar-refractivity contribution in [2.24, 2.45) is 0 Å². The van der Waals surface area contributed by atoms with Gasteiger partial charge in [0.05, 0.1) is 0 Å². The van der Waals surface area contributed by atoms with Crippen LogP contribution in [0.15, 0.2) is 48.5 Å². The van der Waals surface area contributed by atoms with Crippen molar-refractivity contribution in [3.05, 3.63) is 65.5 Å². The van der Waals surface area contributed by atoms with Crippen LogP contribution in [0.5, 0.6) is 5.75 Å². The number of nitrogens with one attached hydrogen (secondary N) is 1. The number of halogens is 1. The van der Waals surface area contributed by atoms with E-state index in [-0.39, 0.29) is 11.7 Å². The number of hydrogen-bond donors (Lipinski definition) is 1. The number of carbonyl (C=O) groups is 1. The fourth-order valence-electron chi connectivity index (χ4n) is 2.39. The molecule has 4 heteroatoms.